The summed E-state index contributed by atoms with van der Waals surface area (Å²) in [6, 6.07) is 12.3. The van der Waals surface area contributed by atoms with Gasteiger partial charge in [-0.25, -0.2) is 9.97 Å². The number of benzene rings is 2. The van der Waals surface area contributed by atoms with Crippen molar-refractivity contribution in [3.05, 3.63) is 77.9 Å². The van der Waals surface area contributed by atoms with Crippen LogP contribution in [0.25, 0.3) is 11.1 Å². The molecule has 0 bridgehead atoms. The quantitative estimate of drug-likeness (QED) is 0.631. The van der Waals surface area contributed by atoms with Crippen LogP contribution in [0.4, 0.5) is 8.78 Å². The average molecular weight is 398 g/mol. The fourth-order valence-corrected chi connectivity index (χ4v) is 3.56. The molecule has 0 saturated heterocycles. The SMILES string of the molecule is Cc1cc(-c2ccc(OC(F)F)cc2)ccc1C(O)(c1cncnc1)C(C)(C)C. The lowest BCUT2D eigenvalue weighted by Crippen LogP contribution is -2.42. The number of alkyl halides is 2. The Morgan fingerprint density at radius 2 is 1.52 bits per heavy atom. The van der Waals surface area contributed by atoms with Gasteiger partial charge in [-0.2, -0.15) is 8.78 Å². The van der Waals surface area contributed by atoms with E-state index in [1.54, 1.807) is 24.5 Å². The summed E-state index contributed by atoms with van der Waals surface area (Å²) >= 11 is 0. The molecule has 1 aromatic heterocycles. The van der Waals surface area contributed by atoms with Crippen molar-refractivity contribution in [1.29, 1.82) is 0 Å². The van der Waals surface area contributed by atoms with Gasteiger partial charge in [0.15, 0.2) is 0 Å². The Labute approximate surface area is 169 Å². The lowest BCUT2D eigenvalue weighted by molar-refractivity contribution is -0.0498. The van der Waals surface area contributed by atoms with E-state index >= 15 is 0 Å². The van der Waals surface area contributed by atoms with Crippen LogP contribution < -0.4 is 4.74 Å². The first kappa shape index (κ1) is 20.9. The summed E-state index contributed by atoms with van der Waals surface area (Å²) in [5.74, 6) is 0.114. The van der Waals surface area contributed by atoms with Crippen LogP contribution in [-0.4, -0.2) is 21.7 Å². The molecule has 0 aliphatic rings. The van der Waals surface area contributed by atoms with Crippen LogP contribution in [0.15, 0.2) is 61.2 Å². The van der Waals surface area contributed by atoms with E-state index < -0.39 is 17.6 Å². The topological polar surface area (TPSA) is 55.2 Å². The minimum Gasteiger partial charge on any atom is -0.435 e. The number of aryl methyl sites for hydroxylation is 1. The van der Waals surface area contributed by atoms with E-state index in [9.17, 15) is 13.9 Å². The Morgan fingerprint density at radius 3 is 2.03 bits per heavy atom. The standard InChI is InChI=1S/C23H24F2N2O2/c1-15-11-17(16-5-8-19(9-6-16)29-21(24)25)7-10-20(15)23(28,22(2,3)4)18-12-26-14-27-13-18/h5-14,21,28H,1-4H3. The maximum atomic E-state index is 12.3. The lowest BCUT2D eigenvalue weighted by Gasteiger charge is -2.41. The molecule has 2 aromatic carbocycles. The number of nitrogens with zero attached hydrogens (tertiary/aromatic N) is 2. The Hall–Kier alpha value is -2.86. The van der Waals surface area contributed by atoms with Crippen molar-refractivity contribution in [2.24, 2.45) is 5.41 Å². The monoisotopic (exact) mass is 398 g/mol. The maximum absolute atomic E-state index is 12.3. The molecule has 3 aromatic rings. The highest BCUT2D eigenvalue weighted by Crippen LogP contribution is 2.45. The number of halogens is 2. The summed E-state index contributed by atoms with van der Waals surface area (Å²) in [6.07, 6.45) is 4.70. The van der Waals surface area contributed by atoms with Crippen LogP contribution in [-0.2, 0) is 5.60 Å². The van der Waals surface area contributed by atoms with Gasteiger partial charge in [-0.05, 0) is 46.7 Å². The largest absolute Gasteiger partial charge is 0.435 e. The molecule has 1 atom stereocenters. The van der Waals surface area contributed by atoms with Gasteiger partial charge in [0.25, 0.3) is 0 Å². The normalized spacial score (nSPS) is 13.9. The van der Waals surface area contributed by atoms with Gasteiger partial charge in [-0.1, -0.05) is 51.1 Å². The predicted octanol–water partition coefficient (Wildman–Crippen LogP) is 5.34. The van der Waals surface area contributed by atoms with Crippen molar-refractivity contribution >= 4 is 0 Å². The second-order valence-corrected chi connectivity index (χ2v) is 8.02. The second-order valence-electron chi connectivity index (χ2n) is 8.02. The molecule has 0 aliphatic heterocycles. The van der Waals surface area contributed by atoms with Crippen LogP contribution in [0.5, 0.6) is 5.75 Å². The predicted molar refractivity (Wildman–Crippen MR) is 108 cm³/mol. The fraction of sp³-hybridized carbons (Fsp3) is 0.304. The molecule has 1 unspecified atom stereocenters. The Balaban J connectivity index is 2.02. The zero-order valence-corrected chi connectivity index (χ0v) is 16.9. The molecule has 0 radical (unpaired) electrons. The number of rotatable bonds is 5. The molecule has 0 aliphatic carbocycles. The third-order valence-corrected chi connectivity index (χ3v) is 5.09. The van der Waals surface area contributed by atoms with Gasteiger partial charge in [-0.15, -0.1) is 0 Å². The van der Waals surface area contributed by atoms with Crippen molar-refractivity contribution < 1.29 is 18.6 Å². The summed E-state index contributed by atoms with van der Waals surface area (Å²) in [6.45, 7) is 4.99. The fourth-order valence-electron chi connectivity index (χ4n) is 3.56. The zero-order chi connectivity index (χ0) is 21.2. The molecule has 1 heterocycles. The highest BCUT2D eigenvalue weighted by molar-refractivity contribution is 5.66. The van der Waals surface area contributed by atoms with Crippen molar-refractivity contribution in [3.63, 3.8) is 0 Å². The highest BCUT2D eigenvalue weighted by Gasteiger charge is 2.44. The van der Waals surface area contributed by atoms with E-state index in [4.69, 9.17) is 0 Å². The van der Waals surface area contributed by atoms with Crippen molar-refractivity contribution in [2.75, 3.05) is 0 Å². The summed E-state index contributed by atoms with van der Waals surface area (Å²) in [5.41, 5.74) is 2.26. The third kappa shape index (κ3) is 4.12. The molecule has 0 fully saturated rings. The Kier molecular flexibility index (Phi) is 5.66. The number of aromatic nitrogens is 2. The first-order valence-electron chi connectivity index (χ1n) is 9.27. The molecule has 152 valence electrons. The van der Waals surface area contributed by atoms with Gasteiger partial charge >= 0.3 is 6.61 Å². The van der Waals surface area contributed by atoms with Gasteiger partial charge < -0.3 is 9.84 Å². The molecular weight excluding hydrogens is 374 g/mol. The van der Waals surface area contributed by atoms with Crippen molar-refractivity contribution in [1.82, 2.24) is 9.97 Å². The molecule has 0 amide bonds. The van der Waals surface area contributed by atoms with E-state index in [0.717, 1.165) is 22.3 Å². The first-order chi connectivity index (χ1) is 13.6. The molecule has 4 nitrogen and oxygen atoms in total. The summed E-state index contributed by atoms with van der Waals surface area (Å²) in [7, 11) is 0. The van der Waals surface area contributed by atoms with Crippen molar-refractivity contribution in [3.8, 4) is 16.9 Å². The van der Waals surface area contributed by atoms with Crippen LogP contribution in [0.3, 0.4) is 0 Å². The number of hydrogen-bond acceptors (Lipinski definition) is 4. The zero-order valence-electron chi connectivity index (χ0n) is 16.9. The van der Waals surface area contributed by atoms with Gasteiger partial charge in [0.05, 0.1) is 0 Å². The van der Waals surface area contributed by atoms with E-state index in [1.165, 1.54) is 18.5 Å². The maximum Gasteiger partial charge on any atom is 0.387 e. The molecule has 0 spiro atoms. The summed E-state index contributed by atoms with van der Waals surface area (Å²) in [5, 5.41) is 11.8. The third-order valence-electron chi connectivity index (χ3n) is 5.09. The summed E-state index contributed by atoms with van der Waals surface area (Å²) in [4.78, 5) is 8.15. The molecule has 6 heteroatoms. The second kappa shape index (κ2) is 7.87. The van der Waals surface area contributed by atoms with Gasteiger partial charge in [0.2, 0.25) is 0 Å². The van der Waals surface area contributed by atoms with E-state index in [0.29, 0.717) is 5.56 Å². The average Bonchev–Trinajstić information content (AvgIpc) is 2.67. The van der Waals surface area contributed by atoms with Gasteiger partial charge in [0, 0.05) is 18.0 Å². The number of ether oxygens (including phenoxy) is 1. The van der Waals surface area contributed by atoms with E-state index in [-0.39, 0.29) is 5.75 Å². The molecule has 3 rings (SSSR count). The minimum absolute atomic E-state index is 0.114. The van der Waals surface area contributed by atoms with Crippen LogP contribution in [0.1, 0.15) is 37.5 Å². The van der Waals surface area contributed by atoms with Crippen LogP contribution >= 0.6 is 0 Å². The van der Waals surface area contributed by atoms with E-state index in [2.05, 4.69) is 14.7 Å². The smallest absolute Gasteiger partial charge is 0.387 e. The molecule has 29 heavy (non-hydrogen) atoms. The van der Waals surface area contributed by atoms with Crippen molar-refractivity contribution in [2.45, 2.75) is 39.9 Å². The van der Waals surface area contributed by atoms with Gasteiger partial charge in [0.1, 0.15) is 17.7 Å². The molecular formula is C23H24F2N2O2. The van der Waals surface area contributed by atoms with Crippen LogP contribution in [0.2, 0.25) is 0 Å². The minimum atomic E-state index is -2.85. The van der Waals surface area contributed by atoms with Gasteiger partial charge in [-0.3, -0.25) is 0 Å². The first-order valence-corrected chi connectivity index (χ1v) is 9.27. The highest BCUT2D eigenvalue weighted by atomic mass is 19.3. The number of hydrogen-bond donors (Lipinski definition) is 1. The molecule has 0 saturated carbocycles. The van der Waals surface area contributed by atoms with Crippen LogP contribution in [0, 0.1) is 12.3 Å². The Bertz CT molecular complexity index is 970. The Morgan fingerprint density at radius 1 is 0.931 bits per heavy atom. The lowest BCUT2D eigenvalue weighted by atomic mass is 9.68. The number of aliphatic hydroxyl groups is 1. The van der Waals surface area contributed by atoms with E-state index in [1.807, 2.05) is 45.9 Å². The molecule has 1 N–H and O–H groups in total. The summed E-state index contributed by atoms with van der Waals surface area (Å²) < 4.78 is 29.1.